The van der Waals surface area contributed by atoms with Crippen molar-refractivity contribution < 1.29 is 9.21 Å². The highest BCUT2D eigenvalue weighted by Crippen LogP contribution is 2.42. The number of pyridine rings is 1. The molecule has 0 radical (unpaired) electrons. The topological polar surface area (TPSA) is 81.5 Å². The van der Waals surface area contributed by atoms with E-state index in [9.17, 15) is 4.79 Å². The number of hydrogen-bond acceptors (Lipinski definition) is 4. The second-order valence-corrected chi connectivity index (χ2v) is 5.05. The quantitative estimate of drug-likeness (QED) is 0.856. The van der Waals surface area contributed by atoms with Gasteiger partial charge in [0.25, 0.3) is 5.91 Å². The molecule has 2 aliphatic rings. The first-order valence-electron chi connectivity index (χ1n) is 6.30. The summed E-state index contributed by atoms with van der Waals surface area (Å²) in [5, 5.41) is 0. The van der Waals surface area contributed by atoms with Crippen molar-refractivity contribution in [3.63, 3.8) is 0 Å². The molecule has 1 unspecified atom stereocenters. The summed E-state index contributed by atoms with van der Waals surface area (Å²) < 4.78 is 5.44. The number of allylic oxidation sites excluding steroid dienone is 1. The van der Waals surface area contributed by atoms with E-state index < -0.39 is 5.91 Å². The van der Waals surface area contributed by atoms with Crippen molar-refractivity contribution in [3.8, 4) is 0 Å². The van der Waals surface area contributed by atoms with Crippen LogP contribution in [0.25, 0.3) is 6.08 Å². The third-order valence-electron chi connectivity index (χ3n) is 3.81. The number of rotatable bonds is 1. The van der Waals surface area contributed by atoms with E-state index in [1.807, 2.05) is 30.5 Å². The number of nitrogens with two attached hydrogens (primary N) is 1. The van der Waals surface area contributed by atoms with Gasteiger partial charge in [0.2, 0.25) is 0 Å². The summed E-state index contributed by atoms with van der Waals surface area (Å²) >= 11 is 0. The minimum absolute atomic E-state index is 0.193. The Labute approximate surface area is 114 Å². The van der Waals surface area contributed by atoms with Gasteiger partial charge in [0.05, 0.1) is 5.41 Å². The molecule has 2 N–H and O–H groups in total. The molecular weight excluding hydrogens is 254 g/mol. The summed E-state index contributed by atoms with van der Waals surface area (Å²) in [5.74, 6) is 1.08. The van der Waals surface area contributed by atoms with Crippen molar-refractivity contribution in [2.24, 2.45) is 10.7 Å². The van der Waals surface area contributed by atoms with Gasteiger partial charge < -0.3 is 10.2 Å². The number of carbonyl (C=O) groups excluding carboxylic acids is 1. The molecule has 1 atom stereocenters. The largest absolute Gasteiger partial charge is 0.451 e. The smallest absolute Gasteiger partial charge is 0.284 e. The molecular formula is C15H11N3O2. The summed E-state index contributed by atoms with van der Waals surface area (Å²) in [7, 11) is 0. The minimum atomic E-state index is -0.552. The van der Waals surface area contributed by atoms with Gasteiger partial charge in [-0.1, -0.05) is 12.1 Å². The molecule has 1 amide bonds. The van der Waals surface area contributed by atoms with Crippen LogP contribution in [0.1, 0.15) is 27.4 Å². The highest BCUT2D eigenvalue weighted by atomic mass is 16.3. The zero-order valence-electron chi connectivity index (χ0n) is 10.5. The standard InChI is InChI=1S/C15H11N3O2/c16-13(19)12-6-9-7-15(4-3-11(9)20-12)8-18-14-10(15)2-1-5-17-14/h1-6,8H,7H2,(H2,16,19). The molecule has 2 aromatic rings. The van der Waals surface area contributed by atoms with Gasteiger partial charge in [-0.05, 0) is 24.6 Å². The molecule has 4 rings (SSSR count). The normalized spacial score (nSPS) is 22.0. The molecule has 5 heteroatoms. The Bertz CT molecular complexity index is 788. The van der Waals surface area contributed by atoms with E-state index in [0.717, 1.165) is 16.9 Å². The fourth-order valence-corrected chi connectivity index (χ4v) is 2.82. The lowest BCUT2D eigenvalue weighted by Crippen LogP contribution is -2.27. The van der Waals surface area contributed by atoms with Crippen LogP contribution in [0.2, 0.25) is 0 Å². The maximum Gasteiger partial charge on any atom is 0.284 e. The van der Waals surface area contributed by atoms with Gasteiger partial charge in [-0.2, -0.15) is 0 Å². The Morgan fingerprint density at radius 3 is 3.20 bits per heavy atom. The van der Waals surface area contributed by atoms with E-state index in [-0.39, 0.29) is 11.2 Å². The predicted octanol–water partition coefficient (Wildman–Crippen LogP) is 2.00. The van der Waals surface area contributed by atoms with Crippen LogP contribution >= 0.6 is 0 Å². The number of hydrogen-bond donors (Lipinski definition) is 1. The highest BCUT2D eigenvalue weighted by molar-refractivity contribution is 5.92. The third-order valence-corrected chi connectivity index (χ3v) is 3.81. The molecule has 20 heavy (non-hydrogen) atoms. The van der Waals surface area contributed by atoms with Crippen LogP contribution in [0, 0.1) is 0 Å². The first-order valence-corrected chi connectivity index (χ1v) is 6.30. The average Bonchev–Trinajstić information content (AvgIpc) is 3.02. The van der Waals surface area contributed by atoms with Crippen LogP contribution in [0.3, 0.4) is 0 Å². The number of aliphatic imine (C=N–C) groups is 1. The Balaban J connectivity index is 1.82. The molecule has 0 fully saturated rings. The average molecular weight is 265 g/mol. The zero-order valence-corrected chi connectivity index (χ0v) is 10.5. The molecule has 3 heterocycles. The fraction of sp³-hybridized carbons (Fsp3) is 0.133. The van der Waals surface area contributed by atoms with Gasteiger partial charge in [0.1, 0.15) is 5.76 Å². The van der Waals surface area contributed by atoms with Crippen LogP contribution in [0.4, 0.5) is 5.82 Å². The second kappa shape index (κ2) is 3.66. The Morgan fingerprint density at radius 1 is 1.45 bits per heavy atom. The van der Waals surface area contributed by atoms with Crippen LogP contribution < -0.4 is 5.73 Å². The van der Waals surface area contributed by atoms with Gasteiger partial charge in [0.15, 0.2) is 11.6 Å². The van der Waals surface area contributed by atoms with Crippen molar-refractivity contribution >= 4 is 24.0 Å². The van der Waals surface area contributed by atoms with Gasteiger partial charge in [-0.15, -0.1) is 0 Å². The summed E-state index contributed by atoms with van der Waals surface area (Å²) in [6.45, 7) is 0. The van der Waals surface area contributed by atoms with Gasteiger partial charge in [-0.25, -0.2) is 9.98 Å². The number of primary amides is 1. The number of aromatic nitrogens is 1. The predicted molar refractivity (Wildman–Crippen MR) is 74.0 cm³/mol. The van der Waals surface area contributed by atoms with Crippen molar-refractivity contribution in [1.29, 1.82) is 0 Å². The lowest BCUT2D eigenvalue weighted by atomic mass is 9.75. The van der Waals surface area contributed by atoms with Crippen molar-refractivity contribution in [2.45, 2.75) is 11.8 Å². The van der Waals surface area contributed by atoms with Crippen LogP contribution in [0.15, 0.2) is 39.9 Å². The molecule has 1 aliphatic heterocycles. The molecule has 0 aromatic carbocycles. The zero-order chi connectivity index (χ0) is 13.7. The first kappa shape index (κ1) is 11.2. The Kier molecular flexibility index (Phi) is 2.04. The van der Waals surface area contributed by atoms with Crippen LogP contribution in [0.5, 0.6) is 0 Å². The fourth-order valence-electron chi connectivity index (χ4n) is 2.82. The molecule has 0 saturated carbocycles. The Hall–Kier alpha value is -2.69. The minimum Gasteiger partial charge on any atom is -0.451 e. The first-order chi connectivity index (χ1) is 9.68. The van der Waals surface area contributed by atoms with E-state index in [2.05, 4.69) is 9.98 Å². The van der Waals surface area contributed by atoms with Gasteiger partial charge in [-0.3, -0.25) is 4.79 Å². The summed E-state index contributed by atoms with van der Waals surface area (Å²) in [5.41, 5.74) is 6.99. The summed E-state index contributed by atoms with van der Waals surface area (Å²) in [6, 6.07) is 5.65. The third kappa shape index (κ3) is 1.40. The number of amides is 1. The second-order valence-electron chi connectivity index (χ2n) is 5.05. The lowest BCUT2D eigenvalue weighted by Gasteiger charge is -2.26. The SMILES string of the molecule is NC(=O)c1cc2c(o1)C=CC1(C=Nc3ncccc31)C2. The van der Waals surface area contributed by atoms with E-state index in [4.69, 9.17) is 10.2 Å². The van der Waals surface area contributed by atoms with Crippen LogP contribution in [-0.2, 0) is 11.8 Å². The van der Waals surface area contributed by atoms with E-state index in [1.54, 1.807) is 12.3 Å². The van der Waals surface area contributed by atoms with Gasteiger partial charge in [0, 0.05) is 23.5 Å². The van der Waals surface area contributed by atoms with E-state index >= 15 is 0 Å². The molecule has 5 nitrogen and oxygen atoms in total. The molecule has 98 valence electrons. The molecule has 1 aliphatic carbocycles. The monoisotopic (exact) mass is 265 g/mol. The van der Waals surface area contributed by atoms with Crippen molar-refractivity contribution in [1.82, 2.24) is 4.98 Å². The van der Waals surface area contributed by atoms with E-state index in [1.165, 1.54) is 0 Å². The highest BCUT2D eigenvalue weighted by Gasteiger charge is 2.38. The maximum absolute atomic E-state index is 11.2. The molecule has 0 bridgehead atoms. The van der Waals surface area contributed by atoms with E-state index in [0.29, 0.717) is 12.2 Å². The number of carbonyl (C=O) groups is 1. The summed E-state index contributed by atoms with van der Waals surface area (Å²) in [6.07, 6.45) is 8.25. The maximum atomic E-state index is 11.2. The Morgan fingerprint density at radius 2 is 2.35 bits per heavy atom. The number of fused-ring (bicyclic) bond motifs is 3. The molecule has 1 spiro atoms. The van der Waals surface area contributed by atoms with Crippen molar-refractivity contribution in [3.05, 3.63) is 53.1 Å². The number of furan rings is 1. The molecule has 0 saturated heterocycles. The van der Waals surface area contributed by atoms with Gasteiger partial charge >= 0.3 is 0 Å². The lowest BCUT2D eigenvalue weighted by molar-refractivity contribution is 0.0973. The van der Waals surface area contributed by atoms with Crippen LogP contribution in [-0.4, -0.2) is 17.1 Å². The number of nitrogens with zero attached hydrogens (tertiary/aromatic N) is 2. The summed E-state index contributed by atoms with van der Waals surface area (Å²) in [4.78, 5) is 19.8. The van der Waals surface area contributed by atoms with Crippen molar-refractivity contribution in [2.75, 3.05) is 0 Å². The molecule has 2 aromatic heterocycles.